The third-order valence-corrected chi connectivity index (χ3v) is 20.0. The number of aryl methyl sites for hydroxylation is 2. The minimum absolute atomic E-state index is 0.0794. The van der Waals surface area contributed by atoms with Crippen molar-refractivity contribution >= 4 is 94.7 Å². The SMILES string of the molecule is COCC(C)(C)c1c(-c2cc(C(=O)O)n(C)n2)c2cc3[nH]ncc3cc2n1-c1ccc(F)cc1.COCC(C)(C)c1c(-c2ccc(C(=O)O)s2)c2cc3[nH]ncc3cc2n1-c1ccc(F)cc1.COCC(C)(C)c1c(-c2cn(C(C)(C)C(=O)O)nc2C)c2cc3[nH]ncc3cc2n1-c1ccc(F)cc1. The van der Waals surface area contributed by atoms with Gasteiger partial charge in [0.1, 0.15) is 28.0 Å². The van der Waals surface area contributed by atoms with Crippen molar-refractivity contribution in [3.8, 4) is 49.9 Å². The predicted octanol–water partition coefficient (Wildman–Crippen LogP) is 16.2. The number of fused-ring (bicyclic) bond motifs is 6. The summed E-state index contributed by atoms with van der Waals surface area (Å²) in [4.78, 5) is 36.5. The third kappa shape index (κ3) is 12.7. The molecular formula is C78H76F3N13O9S. The Bertz CT molecular complexity index is 5800. The van der Waals surface area contributed by atoms with Crippen molar-refractivity contribution in [3.63, 3.8) is 0 Å². The van der Waals surface area contributed by atoms with Crippen LogP contribution < -0.4 is 0 Å². The number of H-pyrrole nitrogens is 3. The fourth-order valence-electron chi connectivity index (χ4n) is 14.2. The fraction of sp³-hybridized carbons (Fsp3) is 0.256. The molecule has 22 nitrogen and oxygen atoms in total. The van der Waals surface area contributed by atoms with E-state index < -0.39 is 39.7 Å². The fourth-order valence-corrected chi connectivity index (χ4v) is 15.1. The van der Waals surface area contributed by atoms with Crippen molar-refractivity contribution in [2.45, 2.75) is 84.1 Å². The molecule has 0 aliphatic heterocycles. The van der Waals surface area contributed by atoms with Crippen LogP contribution in [0.2, 0.25) is 0 Å². The van der Waals surface area contributed by atoms with Gasteiger partial charge in [0, 0.05) is 144 Å². The summed E-state index contributed by atoms with van der Waals surface area (Å²) in [6, 6.07) is 36.4. The van der Waals surface area contributed by atoms with Crippen LogP contribution in [0.3, 0.4) is 0 Å². The zero-order chi connectivity index (χ0) is 74.2. The van der Waals surface area contributed by atoms with Gasteiger partial charge in [0.15, 0.2) is 5.54 Å². The van der Waals surface area contributed by atoms with E-state index in [-0.39, 0.29) is 28.0 Å². The van der Waals surface area contributed by atoms with Gasteiger partial charge in [0.05, 0.1) is 82.9 Å². The number of aromatic amines is 3. The summed E-state index contributed by atoms with van der Waals surface area (Å²) in [5, 5.41) is 65.4. The van der Waals surface area contributed by atoms with Gasteiger partial charge in [-0.15, -0.1) is 11.3 Å². The molecule has 534 valence electrons. The van der Waals surface area contributed by atoms with Crippen LogP contribution in [0.1, 0.15) is 98.3 Å². The Morgan fingerprint density at radius 1 is 0.500 bits per heavy atom. The molecule has 0 saturated carbocycles. The molecule has 0 bridgehead atoms. The summed E-state index contributed by atoms with van der Waals surface area (Å²) in [5.41, 5.74) is 12.6. The van der Waals surface area contributed by atoms with Crippen molar-refractivity contribution in [3.05, 3.63) is 203 Å². The van der Waals surface area contributed by atoms with E-state index in [1.807, 2.05) is 31.2 Å². The summed E-state index contributed by atoms with van der Waals surface area (Å²) in [6.07, 6.45) is 7.09. The van der Waals surface area contributed by atoms with Crippen molar-refractivity contribution in [2.75, 3.05) is 41.2 Å². The number of aromatic carboxylic acids is 2. The summed E-state index contributed by atoms with van der Waals surface area (Å²) in [7, 11) is 6.58. The monoisotopic (exact) mass is 1430 g/mol. The molecule has 6 aromatic carbocycles. The van der Waals surface area contributed by atoms with Crippen LogP contribution in [-0.2, 0) is 47.8 Å². The lowest BCUT2D eigenvalue weighted by molar-refractivity contribution is -0.146. The van der Waals surface area contributed by atoms with Gasteiger partial charge >= 0.3 is 17.9 Å². The van der Waals surface area contributed by atoms with Gasteiger partial charge in [-0.2, -0.15) is 25.5 Å². The van der Waals surface area contributed by atoms with Gasteiger partial charge in [0.2, 0.25) is 0 Å². The minimum atomic E-state index is -1.24. The highest BCUT2D eigenvalue weighted by atomic mass is 32.1. The highest BCUT2D eigenvalue weighted by Gasteiger charge is 2.39. The van der Waals surface area contributed by atoms with Gasteiger partial charge in [-0.3, -0.25) is 24.7 Å². The molecule has 0 saturated heterocycles. The minimum Gasteiger partial charge on any atom is -0.479 e. The molecule has 0 unspecified atom stereocenters. The third-order valence-electron chi connectivity index (χ3n) is 19.0. The smallest absolute Gasteiger partial charge is 0.354 e. The number of hydrogen-bond donors (Lipinski definition) is 6. The Morgan fingerprint density at radius 2 is 0.885 bits per heavy atom. The quantitative estimate of drug-likeness (QED) is 0.0439. The predicted molar refractivity (Wildman–Crippen MR) is 396 cm³/mol. The molecule has 0 spiro atoms. The van der Waals surface area contributed by atoms with E-state index in [9.17, 15) is 42.9 Å². The van der Waals surface area contributed by atoms with Crippen molar-refractivity contribution in [2.24, 2.45) is 7.05 Å². The molecule has 104 heavy (non-hydrogen) atoms. The van der Waals surface area contributed by atoms with Gasteiger partial charge < -0.3 is 43.2 Å². The lowest BCUT2D eigenvalue weighted by Crippen LogP contribution is -2.36. The zero-order valence-electron chi connectivity index (χ0n) is 59.4. The maximum absolute atomic E-state index is 13.9. The average molecular weight is 1430 g/mol. The summed E-state index contributed by atoms with van der Waals surface area (Å²) >= 11 is 1.24. The molecular weight excluding hydrogens is 1350 g/mol. The Balaban J connectivity index is 0.000000139. The van der Waals surface area contributed by atoms with Gasteiger partial charge in [0.25, 0.3) is 0 Å². The van der Waals surface area contributed by atoms with E-state index in [1.54, 1.807) is 116 Å². The number of aromatic nitrogens is 13. The molecule has 0 amide bonds. The second-order valence-electron chi connectivity index (χ2n) is 28.3. The lowest BCUT2D eigenvalue weighted by atomic mass is 9.85. The maximum atomic E-state index is 13.9. The number of benzene rings is 6. The number of methoxy groups -OCH3 is 3. The number of ether oxygens (including phenoxy) is 3. The van der Waals surface area contributed by atoms with E-state index in [1.165, 1.54) is 57.1 Å². The number of carboxylic acid groups (broad SMARTS) is 3. The molecule has 9 heterocycles. The van der Waals surface area contributed by atoms with Crippen LogP contribution in [0.4, 0.5) is 13.2 Å². The normalized spacial score (nSPS) is 12.3. The first-order chi connectivity index (χ1) is 49.5. The molecule has 0 aliphatic carbocycles. The van der Waals surface area contributed by atoms with Crippen LogP contribution in [-0.4, -0.2) is 138 Å². The number of nitrogens with one attached hydrogen (secondary N) is 3. The summed E-state index contributed by atoms with van der Waals surface area (Å²) in [6.45, 7) is 18.9. The van der Waals surface area contributed by atoms with E-state index in [4.69, 9.17) is 14.2 Å². The highest BCUT2D eigenvalue weighted by Crippen LogP contribution is 2.49. The standard InChI is InChI=1S/C28H30FN5O3.C25H24FN5O3.C25H22FN3O3S/c1-16-21(14-33(32-16)28(4,5)26(35)36)24-20-12-22-17(13-30-31-22)11-23(20)34(19-9-7-18(29)8-10-19)25(24)27(2,3)15-37-6;1-25(2,13-34-4)23-22(19-11-21(24(32)33)30(3)29-19)17-10-18-14(12-27-28-18)9-20(17)31(23)16-7-5-15(26)6-8-16;1-25(2,13-32-3)23-22(20-8-9-21(33-20)24(30)31)17-11-18-14(12-27-28-18)10-19(17)29(23)16-6-4-15(26)5-7-16/h7-14H,15H2,1-6H3,(H,30,31)(H,35,36);5-12H,13H2,1-4H3,(H,27,28)(H,32,33);4-12H,13H2,1-3H3,(H,27,28)(H,30,31). The Hall–Kier alpha value is -11.5. The molecule has 26 heteroatoms. The van der Waals surface area contributed by atoms with E-state index in [0.29, 0.717) is 31.2 Å². The number of thiophene rings is 1. The van der Waals surface area contributed by atoms with Crippen molar-refractivity contribution in [1.29, 1.82) is 0 Å². The largest absolute Gasteiger partial charge is 0.479 e. The molecule has 15 rings (SSSR count). The number of carbonyl (C=O) groups is 3. The van der Waals surface area contributed by atoms with E-state index in [2.05, 4.69) is 114 Å². The highest BCUT2D eigenvalue weighted by molar-refractivity contribution is 7.17. The van der Waals surface area contributed by atoms with Crippen molar-refractivity contribution in [1.82, 2.24) is 63.9 Å². The number of aliphatic carboxylic acids is 1. The number of carboxylic acids is 3. The second kappa shape index (κ2) is 27.1. The topological polar surface area (TPSA) is 276 Å². The van der Waals surface area contributed by atoms with Crippen LogP contribution in [0.25, 0.3) is 115 Å². The van der Waals surface area contributed by atoms with Gasteiger partial charge in [-0.25, -0.2) is 27.6 Å². The molecule has 0 aliphatic rings. The Morgan fingerprint density at radius 3 is 1.25 bits per heavy atom. The Labute approximate surface area is 597 Å². The lowest BCUT2D eigenvalue weighted by Gasteiger charge is -2.28. The molecule has 0 atom stereocenters. The molecule has 9 aromatic heterocycles. The first-order valence-corrected chi connectivity index (χ1v) is 34.0. The molecule has 6 N–H and O–H groups in total. The van der Waals surface area contributed by atoms with E-state index >= 15 is 0 Å². The van der Waals surface area contributed by atoms with Crippen molar-refractivity contribution < 1.29 is 57.1 Å². The first kappa shape index (κ1) is 71.0. The second-order valence-corrected chi connectivity index (χ2v) is 29.4. The first-order valence-electron chi connectivity index (χ1n) is 33.2. The molecule has 0 fully saturated rings. The van der Waals surface area contributed by atoms with Crippen LogP contribution in [0.15, 0.2) is 152 Å². The van der Waals surface area contributed by atoms with Gasteiger partial charge in [-0.1, -0.05) is 41.5 Å². The van der Waals surface area contributed by atoms with Crippen LogP contribution in [0.5, 0.6) is 0 Å². The maximum Gasteiger partial charge on any atom is 0.354 e. The molecule has 15 aromatic rings. The van der Waals surface area contributed by atoms with Crippen LogP contribution >= 0.6 is 11.3 Å². The van der Waals surface area contributed by atoms with Gasteiger partial charge in [-0.05, 0) is 148 Å². The number of halogens is 3. The Kier molecular flexibility index (Phi) is 18.5. The summed E-state index contributed by atoms with van der Waals surface area (Å²) < 4.78 is 67.6. The number of rotatable bonds is 19. The zero-order valence-corrected chi connectivity index (χ0v) is 60.2. The number of nitrogens with zero attached hydrogens (tertiary/aromatic N) is 10. The molecule has 0 radical (unpaired) electrons. The van der Waals surface area contributed by atoms with E-state index in [0.717, 1.165) is 127 Å². The average Bonchev–Trinajstić information content (AvgIpc) is 1.57. The summed E-state index contributed by atoms with van der Waals surface area (Å²) in [5.74, 6) is -3.95. The number of hydrogen-bond acceptors (Lipinski definition) is 12. The van der Waals surface area contributed by atoms with Crippen LogP contribution in [0, 0.1) is 24.4 Å².